The first-order valence-corrected chi connectivity index (χ1v) is 4.62. The van der Waals surface area contributed by atoms with Gasteiger partial charge in [-0.2, -0.15) is 0 Å². The van der Waals surface area contributed by atoms with Crippen molar-refractivity contribution in [1.82, 2.24) is 0 Å². The molecular formula is C9H11NOSe. The molecule has 12 heavy (non-hydrogen) atoms. The van der Waals surface area contributed by atoms with Crippen LogP contribution in [0.4, 0.5) is 0 Å². The molecular weight excluding hydrogens is 217 g/mol. The number of rotatable bonds is 4. The van der Waals surface area contributed by atoms with E-state index in [1.54, 1.807) is 7.11 Å². The third-order valence-corrected chi connectivity index (χ3v) is 2.23. The molecule has 0 saturated heterocycles. The summed E-state index contributed by atoms with van der Waals surface area (Å²) in [5, 5.41) is 0. The second kappa shape index (κ2) is 5.74. The summed E-state index contributed by atoms with van der Waals surface area (Å²) in [5.74, 6) is 1.14. The summed E-state index contributed by atoms with van der Waals surface area (Å²) in [5.41, 5.74) is 0. The number of aliphatic imine (C=N–C) groups is 1. The Morgan fingerprint density at radius 3 is 2.75 bits per heavy atom. The molecule has 0 aromatic heterocycles. The average Bonchev–Trinajstić information content (AvgIpc) is 2.56. The fraction of sp³-hybridized carbons (Fsp3) is 0.333. The van der Waals surface area contributed by atoms with Gasteiger partial charge in [-0.15, -0.1) is 0 Å². The molecule has 0 atom stereocenters. The van der Waals surface area contributed by atoms with Gasteiger partial charge in [-0.1, -0.05) is 0 Å². The molecule has 1 aliphatic rings. The monoisotopic (exact) mass is 229 g/mol. The van der Waals surface area contributed by atoms with E-state index in [1.807, 2.05) is 25.7 Å². The fourth-order valence-electron chi connectivity index (χ4n) is 0.846. The van der Waals surface area contributed by atoms with Crippen LogP contribution in [0.3, 0.4) is 0 Å². The Labute approximate surface area is 82.6 Å². The Morgan fingerprint density at radius 1 is 1.50 bits per heavy atom. The molecule has 0 aromatic rings. The van der Waals surface area contributed by atoms with Crippen molar-refractivity contribution in [3.05, 3.63) is 31.6 Å². The molecule has 0 unspecified atom stereocenters. The SMILES string of the molecule is COCCN=C([Se])[C]1[CH][CH][CH][CH]1. The van der Waals surface area contributed by atoms with Crippen molar-refractivity contribution < 1.29 is 4.74 Å². The van der Waals surface area contributed by atoms with Crippen LogP contribution < -0.4 is 0 Å². The van der Waals surface area contributed by atoms with Crippen LogP contribution >= 0.6 is 0 Å². The standard InChI is InChI=1S/C9H11NOSe/c1-11-7-6-10-9(12)8-4-2-3-5-8/h2-5H,6-7H2,1H3. The quantitative estimate of drug-likeness (QED) is 0.392. The summed E-state index contributed by atoms with van der Waals surface area (Å²) >= 11 is 2.93. The van der Waals surface area contributed by atoms with Crippen molar-refractivity contribution in [2.24, 2.45) is 4.99 Å². The molecule has 0 aliphatic heterocycles. The summed E-state index contributed by atoms with van der Waals surface area (Å²) in [6.07, 6.45) is 8.06. The van der Waals surface area contributed by atoms with E-state index in [0.29, 0.717) is 13.2 Å². The molecule has 1 saturated carbocycles. The summed E-state index contributed by atoms with van der Waals surface area (Å²) in [4.78, 5) is 4.29. The number of hydrogen-bond acceptors (Lipinski definition) is 2. The zero-order valence-corrected chi connectivity index (χ0v) is 8.70. The van der Waals surface area contributed by atoms with E-state index in [0.717, 1.165) is 10.5 Å². The van der Waals surface area contributed by atoms with Gasteiger partial charge in [0.25, 0.3) is 0 Å². The molecule has 0 spiro atoms. The maximum atomic E-state index is 4.89. The van der Waals surface area contributed by atoms with Crippen LogP contribution in [0.1, 0.15) is 0 Å². The second-order valence-corrected chi connectivity index (χ2v) is 3.16. The summed E-state index contributed by atoms with van der Waals surface area (Å²) in [6, 6.07) is 0. The van der Waals surface area contributed by atoms with Crippen molar-refractivity contribution in [3.8, 4) is 0 Å². The van der Waals surface area contributed by atoms with Crippen molar-refractivity contribution in [1.29, 1.82) is 0 Å². The zero-order chi connectivity index (χ0) is 8.81. The molecule has 0 aromatic carbocycles. The van der Waals surface area contributed by atoms with E-state index in [9.17, 15) is 0 Å². The summed E-state index contributed by atoms with van der Waals surface area (Å²) in [7, 11) is 1.68. The van der Waals surface area contributed by atoms with Crippen molar-refractivity contribution in [2.45, 2.75) is 0 Å². The Balaban J connectivity index is 2.24. The van der Waals surface area contributed by atoms with Gasteiger partial charge >= 0.3 is 82.2 Å². The topological polar surface area (TPSA) is 21.6 Å². The maximum absolute atomic E-state index is 4.89. The van der Waals surface area contributed by atoms with Gasteiger partial charge in [0.2, 0.25) is 0 Å². The number of nitrogens with zero attached hydrogens (tertiary/aromatic N) is 1. The van der Waals surface area contributed by atoms with E-state index in [1.165, 1.54) is 0 Å². The first kappa shape index (κ1) is 10.2. The number of hydrogen-bond donors (Lipinski definition) is 0. The van der Waals surface area contributed by atoms with Gasteiger partial charge in [0.15, 0.2) is 0 Å². The van der Waals surface area contributed by atoms with Gasteiger partial charge in [0.05, 0.1) is 0 Å². The van der Waals surface area contributed by atoms with E-state index in [2.05, 4.69) is 21.0 Å². The van der Waals surface area contributed by atoms with Crippen LogP contribution in [0.25, 0.3) is 0 Å². The van der Waals surface area contributed by atoms with Gasteiger partial charge < -0.3 is 0 Å². The molecule has 0 N–H and O–H groups in total. The molecule has 2 nitrogen and oxygen atoms in total. The van der Waals surface area contributed by atoms with Crippen LogP contribution in [-0.2, 0) is 4.74 Å². The van der Waals surface area contributed by atoms with Crippen LogP contribution in [0.15, 0.2) is 4.99 Å². The molecule has 1 aliphatic carbocycles. The number of methoxy groups -OCH3 is 1. The van der Waals surface area contributed by atoms with E-state index < -0.39 is 0 Å². The van der Waals surface area contributed by atoms with Gasteiger partial charge in [0.1, 0.15) is 0 Å². The molecule has 64 valence electrons. The predicted octanol–water partition coefficient (Wildman–Crippen LogP) is 0.605. The minimum absolute atomic E-state index is 0.673. The number of ether oxygens (including phenoxy) is 1. The Hall–Kier alpha value is 0.149. The van der Waals surface area contributed by atoms with Gasteiger partial charge in [0, 0.05) is 0 Å². The molecule has 3 heteroatoms. The van der Waals surface area contributed by atoms with E-state index >= 15 is 0 Å². The van der Waals surface area contributed by atoms with Crippen LogP contribution in [0.5, 0.6) is 0 Å². The van der Waals surface area contributed by atoms with Crippen LogP contribution in [0.2, 0.25) is 0 Å². The van der Waals surface area contributed by atoms with Crippen molar-refractivity contribution in [3.63, 3.8) is 0 Å². The summed E-state index contributed by atoms with van der Waals surface area (Å²) < 4.78 is 5.84. The first-order valence-electron chi connectivity index (χ1n) is 3.77. The Kier molecular flexibility index (Phi) is 4.89. The molecule has 0 heterocycles. The third-order valence-electron chi connectivity index (χ3n) is 1.46. The molecule has 1 fully saturated rings. The van der Waals surface area contributed by atoms with Crippen molar-refractivity contribution in [2.75, 3.05) is 20.3 Å². The second-order valence-electron chi connectivity index (χ2n) is 2.35. The first-order chi connectivity index (χ1) is 5.84. The van der Waals surface area contributed by atoms with E-state index in [-0.39, 0.29) is 0 Å². The van der Waals surface area contributed by atoms with Crippen LogP contribution in [-0.4, -0.2) is 40.9 Å². The minimum atomic E-state index is 0.673. The third kappa shape index (κ3) is 3.26. The normalized spacial score (nSPS) is 20.2. The van der Waals surface area contributed by atoms with Crippen LogP contribution in [0, 0.1) is 31.6 Å². The molecule has 1 rings (SSSR count). The molecule has 0 amide bonds. The summed E-state index contributed by atoms with van der Waals surface area (Å²) in [6.45, 7) is 1.38. The van der Waals surface area contributed by atoms with E-state index in [4.69, 9.17) is 4.74 Å². The Bertz CT molecular complexity index is 153. The fourth-order valence-corrected chi connectivity index (χ4v) is 1.32. The van der Waals surface area contributed by atoms with Crippen molar-refractivity contribution >= 4 is 20.6 Å². The molecule has 0 bridgehead atoms. The zero-order valence-electron chi connectivity index (χ0n) is 6.99. The molecule has 6 radical (unpaired) electrons. The average molecular weight is 228 g/mol. The van der Waals surface area contributed by atoms with Gasteiger partial charge in [-0.05, 0) is 0 Å². The predicted molar refractivity (Wildman–Crippen MR) is 50.4 cm³/mol. The Morgan fingerprint density at radius 2 is 2.17 bits per heavy atom. The van der Waals surface area contributed by atoms with Gasteiger partial charge in [-0.25, -0.2) is 0 Å². The van der Waals surface area contributed by atoms with Gasteiger partial charge in [-0.3, -0.25) is 0 Å².